The lowest BCUT2D eigenvalue weighted by Gasteiger charge is -2.13. The number of hydrogen-bond donors (Lipinski definition) is 4. The van der Waals surface area contributed by atoms with Crippen molar-refractivity contribution in [3.63, 3.8) is 0 Å². The van der Waals surface area contributed by atoms with E-state index in [-0.39, 0.29) is 45.3 Å². The number of hydrogen-bond acceptors (Lipinski definition) is 8. The van der Waals surface area contributed by atoms with Crippen LogP contribution in [0, 0.1) is 0 Å². The highest BCUT2D eigenvalue weighted by Gasteiger charge is 2.22. The van der Waals surface area contributed by atoms with Crippen molar-refractivity contribution in [3.05, 3.63) is 34.5 Å². The van der Waals surface area contributed by atoms with Crippen LogP contribution >= 0.6 is 0 Å². The summed E-state index contributed by atoms with van der Waals surface area (Å²) in [6.45, 7) is 0. The summed E-state index contributed by atoms with van der Waals surface area (Å²) in [6.07, 6.45) is 0. The van der Waals surface area contributed by atoms with E-state index >= 15 is 0 Å². The highest BCUT2D eigenvalue weighted by Crippen LogP contribution is 2.45. The molecule has 1 heterocycles. The first-order valence-corrected chi connectivity index (χ1v) is 7.05. The van der Waals surface area contributed by atoms with Gasteiger partial charge in [-0.1, -0.05) is 0 Å². The van der Waals surface area contributed by atoms with Gasteiger partial charge in [0.05, 0.1) is 14.2 Å². The van der Waals surface area contributed by atoms with E-state index in [0.717, 1.165) is 12.1 Å². The Balaban J connectivity index is 2.39. The topological polar surface area (TPSA) is 130 Å². The van der Waals surface area contributed by atoms with Crippen LogP contribution < -0.4 is 14.9 Å². The molecule has 0 saturated carbocycles. The predicted octanol–water partition coefficient (Wildman–Crippen LogP) is 2.30. The molecule has 0 bridgehead atoms. The summed E-state index contributed by atoms with van der Waals surface area (Å²) in [7, 11) is 2.51. The Morgan fingerprint density at radius 1 is 0.880 bits per heavy atom. The predicted molar refractivity (Wildman–Crippen MR) is 87.7 cm³/mol. The molecule has 2 aromatic carbocycles. The van der Waals surface area contributed by atoms with Crippen molar-refractivity contribution < 1.29 is 34.3 Å². The Kier molecular flexibility index (Phi) is 3.80. The Morgan fingerprint density at radius 2 is 1.52 bits per heavy atom. The quantitative estimate of drug-likeness (QED) is 0.532. The molecule has 130 valence electrons. The van der Waals surface area contributed by atoms with Crippen LogP contribution in [0.25, 0.3) is 22.3 Å². The molecule has 3 aromatic rings. The molecule has 0 aliphatic heterocycles. The van der Waals surface area contributed by atoms with Gasteiger partial charge in [-0.05, 0) is 12.1 Å². The molecule has 0 aliphatic carbocycles. The Morgan fingerprint density at radius 3 is 2.16 bits per heavy atom. The first-order valence-electron chi connectivity index (χ1n) is 7.05. The van der Waals surface area contributed by atoms with Crippen molar-refractivity contribution in [3.8, 4) is 45.8 Å². The van der Waals surface area contributed by atoms with Gasteiger partial charge < -0.3 is 34.3 Å². The number of aromatic hydroxyl groups is 4. The van der Waals surface area contributed by atoms with E-state index in [2.05, 4.69) is 0 Å². The second-order valence-corrected chi connectivity index (χ2v) is 5.14. The van der Waals surface area contributed by atoms with Crippen LogP contribution in [0.5, 0.6) is 34.5 Å². The second kappa shape index (κ2) is 5.82. The van der Waals surface area contributed by atoms with E-state index in [9.17, 15) is 25.2 Å². The maximum atomic E-state index is 12.4. The average molecular weight is 346 g/mol. The summed E-state index contributed by atoms with van der Waals surface area (Å²) in [5, 5.41) is 39.7. The number of rotatable bonds is 3. The molecule has 8 heteroatoms. The Bertz CT molecular complexity index is 1040. The van der Waals surface area contributed by atoms with Crippen molar-refractivity contribution in [1.82, 2.24) is 0 Å². The number of fused-ring (bicyclic) bond motifs is 1. The zero-order valence-corrected chi connectivity index (χ0v) is 13.2. The van der Waals surface area contributed by atoms with Gasteiger partial charge in [-0.25, -0.2) is 0 Å². The zero-order chi connectivity index (χ0) is 18.3. The third-order valence-corrected chi connectivity index (χ3v) is 3.70. The number of methoxy groups -OCH3 is 2. The monoisotopic (exact) mass is 346 g/mol. The number of phenolic OH excluding ortho intramolecular Hbond substituents is 4. The largest absolute Gasteiger partial charge is 0.507 e. The molecule has 0 fully saturated rings. The summed E-state index contributed by atoms with van der Waals surface area (Å²) in [6, 6.07) is 4.56. The number of benzene rings is 2. The van der Waals surface area contributed by atoms with E-state index in [1.54, 1.807) is 0 Å². The fraction of sp³-hybridized carbons (Fsp3) is 0.118. The molecule has 0 aliphatic rings. The van der Waals surface area contributed by atoms with Crippen LogP contribution in [0.15, 0.2) is 33.5 Å². The summed E-state index contributed by atoms with van der Waals surface area (Å²) in [5.74, 6) is -2.02. The van der Waals surface area contributed by atoms with Crippen molar-refractivity contribution >= 4 is 11.0 Å². The zero-order valence-electron chi connectivity index (χ0n) is 13.2. The molecule has 0 amide bonds. The molecule has 0 radical (unpaired) electrons. The molecule has 0 atom stereocenters. The Hall–Kier alpha value is -3.55. The van der Waals surface area contributed by atoms with Crippen LogP contribution in [-0.4, -0.2) is 34.6 Å². The van der Waals surface area contributed by atoms with Gasteiger partial charge in [-0.15, -0.1) is 0 Å². The van der Waals surface area contributed by atoms with E-state index in [1.165, 1.54) is 26.4 Å². The molecular formula is C17H14O8. The highest BCUT2D eigenvalue weighted by molar-refractivity contribution is 5.90. The first kappa shape index (κ1) is 16.3. The fourth-order valence-electron chi connectivity index (χ4n) is 2.60. The minimum atomic E-state index is -0.642. The van der Waals surface area contributed by atoms with Crippen LogP contribution in [0.1, 0.15) is 0 Å². The first-order chi connectivity index (χ1) is 11.9. The summed E-state index contributed by atoms with van der Waals surface area (Å²) in [4.78, 5) is 12.4. The number of ether oxygens (including phenoxy) is 2. The van der Waals surface area contributed by atoms with Crippen molar-refractivity contribution in [2.45, 2.75) is 0 Å². The van der Waals surface area contributed by atoms with Crippen molar-refractivity contribution in [2.24, 2.45) is 0 Å². The summed E-state index contributed by atoms with van der Waals surface area (Å²) < 4.78 is 15.4. The molecule has 25 heavy (non-hydrogen) atoms. The lowest BCUT2D eigenvalue weighted by Crippen LogP contribution is -2.02. The van der Waals surface area contributed by atoms with Crippen molar-refractivity contribution in [1.29, 1.82) is 0 Å². The second-order valence-electron chi connectivity index (χ2n) is 5.14. The van der Waals surface area contributed by atoms with E-state index in [4.69, 9.17) is 13.9 Å². The molecule has 8 nitrogen and oxygen atoms in total. The maximum absolute atomic E-state index is 12.4. The highest BCUT2D eigenvalue weighted by atomic mass is 16.5. The minimum absolute atomic E-state index is 0.0451. The van der Waals surface area contributed by atoms with Crippen molar-refractivity contribution in [2.75, 3.05) is 14.2 Å². The molecule has 1 aromatic heterocycles. The van der Waals surface area contributed by atoms with Gasteiger partial charge in [-0.2, -0.15) is 0 Å². The number of phenols is 4. The third-order valence-electron chi connectivity index (χ3n) is 3.70. The maximum Gasteiger partial charge on any atom is 0.203 e. The van der Waals surface area contributed by atoms with E-state index in [1.807, 2.05) is 0 Å². The SMILES string of the molecule is COc1c(O)ccc(O)c1-c1cc(=O)c2c(O)c(OC)c(O)cc2o1. The lowest BCUT2D eigenvalue weighted by atomic mass is 10.1. The van der Waals surface area contributed by atoms with Gasteiger partial charge in [0.15, 0.2) is 28.4 Å². The molecule has 0 unspecified atom stereocenters. The average Bonchev–Trinajstić information content (AvgIpc) is 2.56. The molecule has 0 spiro atoms. The minimum Gasteiger partial charge on any atom is -0.507 e. The normalized spacial score (nSPS) is 10.8. The van der Waals surface area contributed by atoms with Gasteiger partial charge in [0.25, 0.3) is 0 Å². The van der Waals surface area contributed by atoms with Crippen LogP contribution in [0.2, 0.25) is 0 Å². The van der Waals surface area contributed by atoms with E-state index < -0.39 is 16.9 Å². The smallest absolute Gasteiger partial charge is 0.203 e. The molecule has 3 rings (SSSR count). The third kappa shape index (κ3) is 2.44. The van der Waals surface area contributed by atoms with Gasteiger partial charge >= 0.3 is 0 Å². The van der Waals surface area contributed by atoms with Crippen LogP contribution in [-0.2, 0) is 0 Å². The molecule has 0 saturated heterocycles. The fourth-order valence-corrected chi connectivity index (χ4v) is 2.60. The lowest BCUT2D eigenvalue weighted by molar-refractivity contribution is 0.346. The van der Waals surface area contributed by atoms with Crippen LogP contribution in [0.3, 0.4) is 0 Å². The van der Waals surface area contributed by atoms with Gasteiger partial charge in [0.1, 0.15) is 28.0 Å². The standard InChI is InChI=1S/C17H14O8/c1-23-16-8(19)4-3-7(18)14(16)12-5-9(20)13-11(25-12)6-10(21)17(24-2)15(13)22/h3-6,18-19,21-22H,1-2H3. The molecular weight excluding hydrogens is 332 g/mol. The molecule has 4 N–H and O–H groups in total. The Labute approximate surface area is 140 Å². The van der Waals surface area contributed by atoms with Gasteiger partial charge in [0, 0.05) is 12.1 Å². The van der Waals surface area contributed by atoms with Gasteiger partial charge in [-0.3, -0.25) is 4.79 Å². The summed E-state index contributed by atoms with van der Waals surface area (Å²) in [5.41, 5.74) is -0.823. The van der Waals surface area contributed by atoms with Gasteiger partial charge in [0.2, 0.25) is 5.75 Å². The summed E-state index contributed by atoms with van der Waals surface area (Å²) >= 11 is 0. The van der Waals surface area contributed by atoms with Crippen LogP contribution in [0.4, 0.5) is 0 Å². The van der Waals surface area contributed by atoms with E-state index in [0.29, 0.717) is 0 Å².